The summed E-state index contributed by atoms with van der Waals surface area (Å²) in [5.41, 5.74) is 0.616. The highest BCUT2D eigenvalue weighted by atomic mass is 35.5. The number of carboxylic acid groups (broad SMARTS) is 1. The van der Waals surface area contributed by atoms with Gasteiger partial charge in [-0.05, 0) is 30.4 Å². The maximum atomic E-state index is 13.7. The first-order valence-electron chi connectivity index (χ1n) is 7.02. The Hall–Kier alpha value is -2.15. The Kier molecular flexibility index (Phi) is 3.97. The number of rotatable bonds is 3. The molecule has 3 rings (SSSR count). The summed E-state index contributed by atoms with van der Waals surface area (Å²) in [4.78, 5) is 24.6. The lowest BCUT2D eigenvalue weighted by atomic mass is 10.1. The quantitative estimate of drug-likeness (QED) is 0.654. The molecule has 1 atom stereocenters. The van der Waals surface area contributed by atoms with Gasteiger partial charge in [0.2, 0.25) is 0 Å². The Morgan fingerprint density at radius 2 is 1.96 bits per heavy atom. The van der Waals surface area contributed by atoms with Crippen molar-refractivity contribution in [2.45, 2.75) is 18.9 Å². The molecule has 1 aliphatic heterocycles. The maximum absolute atomic E-state index is 13.7. The number of hydrogen-bond donors (Lipinski definition) is 2. The summed E-state index contributed by atoms with van der Waals surface area (Å²) in [6, 6.07) is 0.481. The maximum Gasteiger partial charge on any atom is 0.408 e. The molecule has 1 aromatic carbocycles. The average Bonchev–Trinajstić information content (AvgIpc) is 3.23. The van der Waals surface area contributed by atoms with Crippen LogP contribution in [0.1, 0.15) is 12.8 Å². The summed E-state index contributed by atoms with van der Waals surface area (Å²) in [7, 11) is 0. The van der Waals surface area contributed by atoms with E-state index in [9.17, 15) is 23.5 Å². The van der Waals surface area contributed by atoms with Gasteiger partial charge >= 0.3 is 6.09 Å². The number of nitrogens with one attached hydrogen (secondary N) is 1. The van der Waals surface area contributed by atoms with Gasteiger partial charge in [-0.1, -0.05) is 17.7 Å². The Morgan fingerprint density at radius 3 is 2.57 bits per heavy atom. The number of hydrogen-bond acceptors (Lipinski definition) is 2. The second-order valence-corrected chi connectivity index (χ2v) is 6.01. The zero-order valence-electron chi connectivity index (χ0n) is 11.9. The molecule has 8 heteroatoms. The van der Waals surface area contributed by atoms with Gasteiger partial charge in [0.1, 0.15) is 17.7 Å². The molecular weight excluding hydrogens is 330 g/mol. The van der Waals surface area contributed by atoms with Crippen LogP contribution in [0.25, 0.3) is 0 Å². The van der Waals surface area contributed by atoms with Crippen molar-refractivity contribution in [1.29, 1.82) is 0 Å². The van der Waals surface area contributed by atoms with Crippen molar-refractivity contribution < 1.29 is 23.5 Å². The standard InChI is InChI=1S/C15H13ClF2N2O3/c16-9-4-12(11(18)5-10(9)17)19-14(21)13-3-8(7-1-2-7)6-20(13)15(22)23/h3-5,7,13H,1-2,6H2,(H,19,21)(H,22,23)/t13-/m0/s1. The van der Waals surface area contributed by atoms with Crippen LogP contribution in [0.4, 0.5) is 19.3 Å². The highest BCUT2D eigenvalue weighted by Crippen LogP contribution is 2.39. The minimum absolute atomic E-state index is 0.171. The van der Waals surface area contributed by atoms with E-state index in [-0.39, 0.29) is 17.3 Å². The van der Waals surface area contributed by atoms with E-state index in [0.29, 0.717) is 12.0 Å². The van der Waals surface area contributed by atoms with E-state index in [4.69, 9.17) is 11.6 Å². The summed E-state index contributed by atoms with van der Waals surface area (Å²) in [6.45, 7) is 0.171. The van der Waals surface area contributed by atoms with E-state index in [1.54, 1.807) is 6.08 Å². The van der Waals surface area contributed by atoms with Crippen LogP contribution in [-0.2, 0) is 4.79 Å². The van der Waals surface area contributed by atoms with Crippen molar-refractivity contribution in [3.8, 4) is 0 Å². The smallest absolute Gasteiger partial charge is 0.408 e. The number of amides is 2. The number of carbonyl (C=O) groups is 2. The number of nitrogens with zero attached hydrogens (tertiary/aromatic N) is 1. The monoisotopic (exact) mass is 342 g/mol. The molecule has 1 aliphatic carbocycles. The summed E-state index contributed by atoms with van der Waals surface area (Å²) < 4.78 is 26.8. The average molecular weight is 343 g/mol. The fourth-order valence-electron chi connectivity index (χ4n) is 2.59. The van der Waals surface area contributed by atoms with Gasteiger partial charge in [-0.25, -0.2) is 13.6 Å². The molecule has 2 N–H and O–H groups in total. The Balaban J connectivity index is 1.81. The summed E-state index contributed by atoms with van der Waals surface area (Å²) in [6.07, 6.45) is 2.34. The predicted octanol–water partition coefficient (Wildman–Crippen LogP) is 3.26. The number of benzene rings is 1. The van der Waals surface area contributed by atoms with E-state index >= 15 is 0 Å². The SMILES string of the molecule is O=C(Nc1cc(Cl)c(F)cc1F)[C@@H]1C=C(C2CC2)CN1C(=O)O. The lowest BCUT2D eigenvalue weighted by molar-refractivity contribution is -0.118. The highest BCUT2D eigenvalue weighted by molar-refractivity contribution is 6.31. The second-order valence-electron chi connectivity index (χ2n) is 5.61. The first-order valence-corrected chi connectivity index (χ1v) is 7.40. The van der Waals surface area contributed by atoms with Crippen molar-refractivity contribution in [2.75, 3.05) is 11.9 Å². The van der Waals surface area contributed by atoms with Gasteiger partial charge in [0.25, 0.3) is 5.91 Å². The molecular formula is C15H13ClF2N2O3. The lowest BCUT2D eigenvalue weighted by Gasteiger charge is -2.21. The van der Waals surface area contributed by atoms with E-state index in [1.165, 1.54) is 0 Å². The van der Waals surface area contributed by atoms with Gasteiger partial charge in [0.05, 0.1) is 10.7 Å². The van der Waals surface area contributed by atoms with Crippen molar-refractivity contribution >= 4 is 29.3 Å². The van der Waals surface area contributed by atoms with Gasteiger partial charge in [-0.15, -0.1) is 0 Å². The molecule has 23 heavy (non-hydrogen) atoms. The third-order valence-electron chi connectivity index (χ3n) is 3.94. The summed E-state index contributed by atoms with van der Waals surface area (Å²) >= 11 is 5.57. The number of carbonyl (C=O) groups excluding carboxylic acids is 1. The Morgan fingerprint density at radius 1 is 1.26 bits per heavy atom. The summed E-state index contributed by atoms with van der Waals surface area (Å²) in [5.74, 6) is -2.30. The Bertz CT molecular complexity index is 719. The van der Waals surface area contributed by atoms with Gasteiger partial charge in [-0.2, -0.15) is 0 Å². The van der Waals surface area contributed by atoms with E-state index < -0.39 is 29.7 Å². The minimum Gasteiger partial charge on any atom is -0.465 e. The zero-order valence-corrected chi connectivity index (χ0v) is 12.6. The van der Waals surface area contributed by atoms with Gasteiger partial charge in [0.15, 0.2) is 0 Å². The lowest BCUT2D eigenvalue weighted by Crippen LogP contribution is -2.43. The fraction of sp³-hybridized carbons (Fsp3) is 0.333. The molecule has 2 amide bonds. The van der Waals surface area contributed by atoms with Crippen molar-refractivity contribution in [1.82, 2.24) is 4.90 Å². The van der Waals surface area contributed by atoms with Gasteiger partial charge in [-0.3, -0.25) is 9.69 Å². The number of halogens is 3. The van der Waals surface area contributed by atoms with E-state index in [1.807, 2.05) is 0 Å². The first-order chi connectivity index (χ1) is 10.9. The van der Waals surface area contributed by atoms with E-state index in [0.717, 1.165) is 29.4 Å². The predicted molar refractivity (Wildman–Crippen MR) is 79.3 cm³/mol. The van der Waals surface area contributed by atoms with Crippen LogP contribution in [-0.4, -0.2) is 34.6 Å². The van der Waals surface area contributed by atoms with Crippen molar-refractivity contribution in [2.24, 2.45) is 5.92 Å². The van der Waals surface area contributed by atoms with Crippen molar-refractivity contribution in [3.05, 3.63) is 40.4 Å². The molecule has 0 radical (unpaired) electrons. The second kappa shape index (κ2) is 5.81. The van der Waals surface area contributed by atoms with Gasteiger partial charge in [0, 0.05) is 12.6 Å². The molecule has 1 fully saturated rings. The molecule has 0 saturated heterocycles. The number of anilines is 1. The molecule has 0 aromatic heterocycles. The third kappa shape index (κ3) is 3.14. The van der Waals surface area contributed by atoms with Gasteiger partial charge < -0.3 is 10.4 Å². The van der Waals surface area contributed by atoms with Crippen LogP contribution in [0, 0.1) is 17.6 Å². The normalized spacial score (nSPS) is 20.4. The third-order valence-corrected chi connectivity index (χ3v) is 4.23. The van der Waals surface area contributed by atoms with Crippen LogP contribution in [0.15, 0.2) is 23.8 Å². The summed E-state index contributed by atoms with van der Waals surface area (Å²) in [5, 5.41) is 11.2. The zero-order chi connectivity index (χ0) is 16.7. The first kappa shape index (κ1) is 15.7. The molecule has 0 spiro atoms. The molecule has 2 aliphatic rings. The van der Waals surface area contributed by atoms with Crippen molar-refractivity contribution in [3.63, 3.8) is 0 Å². The van der Waals surface area contributed by atoms with E-state index in [2.05, 4.69) is 5.32 Å². The van der Waals surface area contributed by atoms with Crippen LogP contribution in [0.5, 0.6) is 0 Å². The van der Waals surface area contributed by atoms with Crippen LogP contribution in [0.2, 0.25) is 5.02 Å². The Labute approximate surface area is 135 Å². The molecule has 0 unspecified atom stereocenters. The highest BCUT2D eigenvalue weighted by Gasteiger charge is 2.39. The molecule has 1 heterocycles. The molecule has 5 nitrogen and oxygen atoms in total. The molecule has 1 saturated carbocycles. The van der Waals surface area contributed by atoms with Crippen LogP contribution >= 0.6 is 11.6 Å². The molecule has 0 bridgehead atoms. The molecule has 122 valence electrons. The van der Waals surface area contributed by atoms with Crippen LogP contribution in [0.3, 0.4) is 0 Å². The fourth-order valence-corrected chi connectivity index (χ4v) is 2.75. The molecule has 1 aromatic rings. The topological polar surface area (TPSA) is 69.6 Å². The van der Waals surface area contributed by atoms with Crippen LogP contribution < -0.4 is 5.32 Å². The largest absolute Gasteiger partial charge is 0.465 e. The minimum atomic E-state index is -1.23.